The predicted octanol–water partition coefficient (Wildman–Crippen LogP) is 3.96. The van der Waals surface area contributed by atoms with Gasteiger partial charge in [0, 0.05) is 37.3 Å². The minimum atomic E-state index is -2.87. The predicted molar refractivity (Wildman–Crippen MR) is 116 cm³/mol. The Bertz CT molecular complexity index is 1040. The van der Waals surface area contributed by atoms with Crippen LogP contribution in [-0.4, -0.2) is 43.3 Å². The molecule has 4 rings (SSSR count). The van der Waals surface area contributed by atoms with E-state index in [1.165, 1.54) is 6.07 Å². The first-order valence-electron chi connectivity index (χ1n) is 10.3. The fourth-order valence-corrected chi connectivity index (χ4v) is 3.93. The number of aromatic nitrogens is 1. The number of carbonyl (C=O) groups excluding carboxylic acids is 1. The number of nitrogens with one attached hydrogen (secondary N) is 2. The van der Waals surface area contributed by atoms with Gasteiger partial charge in [-0.25, -0.2) is 4.79 Å². The molecule has 1 fully saturated rings. The summed E-state index contributed by atoms with van der Waals surface area (Å²) in [6, 6.07) is 16.3. The molecule has 0 radical (unpaired) electrons. The van der Waals surface area contributed by atoms with Crippen molar-refractivity contribution >= 4 is 22.6 Å². The van der Waals surface area contributed by atoms with Gasteiger partial charge in [-0.05, 0) is 36.6 Å². The van der Waals surface area contributed by atoms with Gasteiger partial charge in [-0.1, -0.05) is 36.4 Å². The topological polar surface area (TPSA) is 66.5 Å². The highest BCUT2D eigenvalue weighted by atomic mass is 19.3. The van der Waals surface area contributed by atoms with Crippen LogP contribution in [0.15, 0.2) is 60.8 Å². The van der Waals surface area contributed by atoms with Crippen molar-refractivity contribution in [1.82, 2.24) is 15.6 Å². The Morgan fingerprint density at radius 1 is 1.16 bits per heavy atom. The highest BCUT2D eigenvalue weighted by molar-refractivity contribution is 5.81. The zero-order chi connectivity index (χ0) is 21.6. The molecule has 1 aromatic heterocycles. The lowest BCUT2D eigenvalue weighted by Crippen LogP contribution is -2.44. The summed E-state index contributed by atoms with van der Waals surface area (Å²) in [5, 5.41) is 6.94. The van der Waals surface area contributed by atoms with E-state index in [0.29, 0.717) is 31.7 Å². The molecule has 0 spiro atoms. The molecule has 2 amide bonds. The molecule has 2 aromatic carbocycles. The number of nitrogens with zero attached hydrogens (tertiary/aromatic N) is 2. The van der Waals surface area contributed by atoms with Gasteiger partial charge in [0.2, 0.25) is 0 Å². The van der Waals surface area contributed by atoms with Crippen LogP contribution in [0.5, 0.6) is 5.75 Å². The van der Waals surface area contributed by atoms with Crippen molar-refractivity contribution in [2.75, 3.05) is 24.5 Å². The van der Waals surface area contributed by atoms with E-state index in [-0.39, 0.29) is 17.8 Å². The lowest BCUT2D eigenvalue weighted by Gasteiger charge is -2.22. The molecule has 1 unspecified atom stereocenters. The number of hydrogen-bond donors (Lipinski definition) is 2. The summed E-state index contributed by atoms with van der Waals surface area (Å²) in [7, 11) is 0. The number of fused-ring (bicyclic) bond motifs is 1. The average molecular weight is 426 g/mol. The van der Waals surface area contributed by atoms with E-state index in [2.05, 4.69) is 20.4 Å². The Balaban J connectivity index is 1.27. The number of ether oxygens (including phenoxy) is 1. The molecule has 1 aliphatic heterocycles. The highest BCUT2D eigenvalue weighted by Gasteiger charge is 2.26. The molecule has 3 aromatic rings. The third-order valence-electron chi connectivity index (χ3n) is 5.34. The van der Waals surface area contributed by atoms with Gasteiger partial charge in [-0.15, -0.1) is 0 Å². The molecular weight excluding hydrogens is 402 g/mol. The van der Waals surface area contributed by atoms with Gasteiger partial charge in [0.05, 0.1) is 11.2 Å². The van der Waals surface area contributed by atoms with Gasteiger partial charge in [0.25, 0.3) is 0 Å². The largest absolute Gasteiger partial charge is 0.433 e. The summed E-state index contributed by atoms with van der Waals surface area (Å²) in [4.78, 5) is 18.7. The molecule has 2 N–H and O–H groups in total. The second kappa shape index (κ2) is 9.59. The number of para-hydroxylation sites is 3. The zero-order valence-electron chi connectivity index (χ0n) is 16.9. The van der Waals surface area contributed by atoms with E-state index in [1.807, 2.05) is 35.2 Å². The number of pyridine rings is 1. The second-order valence-corrected chi connectivity index (χ2v) is 7.42. The van der Waals surface area contributed by atoms with Crippen LogP contribution < -0.4 is 20.3 Å². The Morgan fingerprint density at radius 3 is 2.87 bits per heavy atom. The fourth-order valence-electron chi connectivity index (χ4n) is 3.93. The molecule has 0 saturated carbocycles. The maximum Gasteiger partial charge on any atom is 0.387 e. The lowest BCUT2D eigenvalue weighted by molar-refractivity contribution is -0.0495. The summed E-state index contributed by atoms with van der Waals surface area (Å²) in [6.45, 7) is -1.20. The molecule has 31 heavy (non-hydrogen) atoms. The van der Waals surface area contributed by atoms with Crippen LogP contribution in [0.2, 0.25) is 0 Å². The number of alkyl halides is 2. The first kappa shape index (κ1) is 20.8. The number of anilines is 1. The van der Waals surface area contributed by atoms with Crippen LogP contribution in [0, 0.1) is 0 Å². The monoisotopic (exact) mass is 426 g/mol. The van der Waals surface area contributed by atoms with Crippen molar-refractivity contribution in [3.63, 3.8) is 0 Å². The molecule has 0 bridgehead atoms. The molecular formula is C23H24F2N4O2. The molecule has 2 heterocycles. The number of halogens is 2. The van der Waals surface area contributed by atoms with Crippen molar-refractivity contribution in [3.8, 4) is 5.75 Å². The number of amides is 2. The minimum absolute atomic E-state index is 0.0705. The third kappa shape index (κ3) is 5.20. The van der Waals surface area contributed by atoms with Gasteiger partial charge < -0.3 is 20.3 Å². The molecule has 1 atom stereocenters. The maximum atomic E-state index is 12.7. The van der Waals surface area contributed by atoms with E-state index < -0.39 is 6.61 Å². The van der Waals surface area contributed by atoms with Crippen LogP contribution >= 0.6 is 0 Å². The Labute approximate surface area is 179 Å². The lowest BCUT2D eigenvalue weighted by atomic mass is 10.1. The SMILES string of the molecule is O=C(NCCc1cccc2cccnc12)NC1CCN(c2ccccc2OC(F)F)C1. The average Bonchev–Trinajstić information content (AvgIpc) is 3.22. The first-order valence-corrected chi connectivity index (χ1v) is 10.3. The molecule has 6 nitrogen and oxygen atoms in total. The van der Waals surface area contributed by atoms with Gasteiger partial charge in [-0.3, -0.25) is 4.98 Å². The molecule has 162 valence electrons. The minimum Gasteiger partial charge on any atom is -0.433 e. The van der Waals surface area contributed by atoms with Gasteiger partial charge in [0.15, 0.2) is 0 Å². The van der Waals surface area contributed by atoms with E-state index >= 15 is 0 Å². The van der Waals surface area contributed by atoms with E-state index in [0.717, 1.165) is 22.9 Å². The van der Waals surface area contributed by atoms with Crippen molar-refractivity contribution in [2.45, 2.75) is 25.5 Å². The quantitative estimate of drug-likeness (QED) is 0.600. The van der Waals surface area contributed by atoms with Gasteiger partial charge >= 0.3 is 12.6 Å². The first-order chi connectivity index (χ1) is 15.1. The van der Waals surface area contributed by atoms with Crippen LogP contribution in [0.25, 0.3) is 10.9 Å². The van der Waals surface area contributed by atoms with Crippen LogP contribution in [0.1, 0.15) is 12.0 Å². The Morgan fingerprint density at radius 2 is 2.00 bits per heavy atom. The van der Waals surface area contributed by atoms with Gasteiger partial charge in [-0.2, -0.15) is 8.78 Å². The van der Waals surface area contributed by atoms with E-state index in [1.54, 1.807) is 24.4 Å². The van der Waals surface area contributed by atoms with Crippen LogP contribution in [0.3, 0.4) is 0 Å². The molecule has 1 aliphatic rings. The van der Waals surface area contributed by atoms with E-state index in [4.69, 9.17) is 0 Å². The third-order valence-corrected chi connectivity index (χ3v) is 5.34. The van der Waals surface area contributed by atoms with Crippen molar-refractivity contribution in [3.05, 3.63) is 66.4 Å². The summed E-state index contributed by atoms with van der Waals surface area (Å²) >= 11 is 0. The standard InChI is InChI=1S/C23H24F2N4O2/c24-22(25)31-20-9-2-1-8-19(20)29-14-11-18(15-29)28-23(30)27-13-10-17-6-3-5-16-7-4-12-26-21(16)17/h1-9,12,18,22H,10-11,13-15H2,(H2,27,28,30). The van der Waals surface area contributed by atoms with Crippen molar-refractivity contribution in [2.24, 2.45) is 0 Å². The van der Waals surface area contributed by atoms with Crippen LogP contribution in [0.4, 0.5) is 19.3 Å². The number of benzene rings is 2. The summed E-state index contributed by atoms with van der Waals surface area (Å²) < 4.78 is 29.9. The number of urea groups is 1. The molecule has 8 heteroatoms. The van der Waals surface area contributed by atoms with E-state index in [9.17, 15) is 13.6 Å². The van der Waals surface area contributed by atoms with Gasteiger partial charge in [0.1, 0.15) is 5.75 Å². The Kier molecular flexibility index (Phi) is 6.45. The summed E-state index contributed by atoms with van der Waals surface area (Å²) in [5.41, 5.74) is 2.64. The Hall–Kier alpha value is -3.42. The molecule has 1 saturated heterocycles. The number of rotatable bonds is 7. The normalized spacial score (nSPS) is 16.0. The number of hydrogen-bond acceptors (Lipinski definition) is 4. The molecule has 0 aliphatic carbocycles. The summed E-state index contributed by atoms with van der Waals surface area (Å²) in [5.74, 6) is 0.145. The zero-order valence-corrected chi connectivity index (χ0v) is 16.9. The number of carbonyl (C=O) groups is 1. The second-order valence-electron chi connectivity index (χ2n) is 7.42. The van der Waals surface area contributed by atoms with Crippen molar-refractivity contribution < 1.29 is 18.3 Å². The smallest absolute Gasteiger partial charge is 0.387 e. The van der Waals surface area contributed by atoms with Crippen molar-refractivity contribution in [1.29, 1.82) is 0 Å². The maximum absolute atomic E-state index is 12.7. The summed E-state index contributed by atoms with van der Waals surface area (Å²) in [6.07, 6.45) is 3.17. The van der Waals surface area contributed by atoms with Crippen LogP contribution in [-0.2, 0) is 6.42 Å². The fraction of sp³-hybridized carbons (Fsp3) is 0.304. The highest BCUT2D eigenvalue weighted by Crippen LogP contribution is 2.31.